The third kappa shape index (κ3) is 2.19. The van der Waals surface area contributed by atoms with E-state index in [1.54, 1.807) is 0 Å². The molecule has 0 aromatic heterocycles. The molecule has 1 aliphatic carbocycles. The lowest BCUT2D eigenvalue weighted by Gasteiger charge is -2.34. The van der Waals surface area contributed by atoms with Gasteiger partial charge in [-0.25, -0.2) is 0 Å². The molecule has 2 nitrogen and oxygen atoms in total. The molecule has 1 fully saturated rings. The standard InChI is InChI=1S/C14H17ClO2/c1-10-9-11(5-6-12(10)15)14(13(16)17)7-3-2-4-8-14/h5-6,9H,2-4,7-8H2,1H3,(H,16,17). The summed E-state index contributed by atoms with van der Waals surface area (Å²) < 4.78 is 0. The number of carboxylic acids is 1. The van der Waals surface area contributed by atoms with Crippen LogP contribution in [0.25, 0.3) is 0 Å². The zero-order valence-electron chi connectivity index (χ0n) is 10.0. The molecular formula is C14H17ClO2. The van der Waals surface area contributed by atoms with Gasteiger partial charge in [0, 0.05) is 5.02 Å². The van der Waals surface area contributed by atoms with Crippen molar-refractivity contribution in [3.63, 3.8) is 0 Å². The van der Waals surface area contributed by atoms with Crippen molar-refractivity contribution in [3.05, 3.63) is 34.3 Å². The van der Waals surface area contributed by atoms with Gasteiger partial charge in [-0.2, -0.15) is 0 Å². The summed E-state index contributed by atoms with van der Waals surface area (Å²) in [6.07, 6.45) is 4.61. The molecule has 0 saturated heterocycles. The number of hydrogen-bond donors (Lipinski definition) is 1. The van der Waals surface area contributed by atoms with Crippen molar-refractivity contribution in [1.82, 2.24) is 0 Å². The Morgan fingerprint density at radius 3 is 2.47 bits per heavy atom. The van der Waals surface area contributed by atoms with Crippen LogP contribution in [-0.4, -0.2) is 11.1 Å². The molecule has 0 bridgehead atoms. The second-order valence-electron chi connectivity index (χ2n) is 4.91. The Balaban J connectivity index is 2.45. The molecule has 2 rings (SSSR count). The van der Waals surface area contributed by atoms with Crippen LogP contribution in [-0.2, 0) is 10.2 Å². The van der Waals surface area contributed by atoms with Gasteiger partial charge in [0.1, 0.15) is 0 Å². The van der Waals surface area contributed by atoms with Crippen molar-refractivity contribution >= 4 is 17.6 Å². The molecule has 0 radical (unpaired) electrons. The first kappa shape index (κ1) is 12.4. The van der Waals surface area contributed by atoms with Crippen LogP contribution in [0.4, 0.5) is 0 Å². The van der Waals surface area contributed by atoms with Crippen LogP contribution in [0.5, 0.6) is 0 Å². The smallest absolute Gasteiger partial charge is 0.314 e. The van der Waals surface area contributed by atoms with E-state index in [2.05, 4.69) is 0 Å². The van der Waals surface area contributed by atoms with Crippen LogP contribution in [0, 0.1) is 6.92 Å². The summed E-state index contributed by atoms with van der Waals surface area (Å²) in [5, 5.41) is 10.3. The van der Waals surface area contributed by atoms with Crippen LogP contribution >= 0.6 is 11.6 Å². The average molecular weight is 253 g/mol. The molecule has 1 saturated carbocycles. The van der Waals surface area contributed by atoms with Crippen LogP contribution in [0.15, 0.2) is 18.2 Å². The fourth-order valence-electron chi connectivity index (χ4n) is 2.72. The fourth-order valence-corrected chi connectivity index (χ4v) is 2.84. The Morgan fingerprint density at radius 1 is 1.29 bits per heavy atom. The summed E-state index contributed by atoms with van der Waals surface area (Å²) in [4.78, 5) is 11.6. The van der Waals surface area contributed by atoms with E-state index >= 15 is 0 Å². The largest absolute Gasteiger partial charge is 0.481 e. The van der Waals surface area contributed by atoms with Gasteiger partial charge in [0.25, 0.3) is 0 Å². The summed E-state index contributed by atoms with van der Waals surface area (Å²) in [5.41, 5.74) is 1.18. The molecule has 1 aliphatic rings. The van der Waals surface area contributed by atoms with Gasteiger partial charge in [-0.3, -0.25) is 4.79 Å². The van der Waals surface area contributed by atoms with E-state index in [0.29, 0.717) is 5.02 Å². The fraction of sp³-hybridized carbons (Fsp3) is 0.500. The Kier molecular flexibility index (Phi) is 3.43. The minimum atomic E-state index is -0.695. The lowest BCUT2D eigenvalue weighted by Crippen LogP contribution is -2.37. The van der Waals surface area contributed by atoms with Gasteiger partial charge in [-0.15, -0.1) is 0 Å². The molecule has 0 aliphatic heterocycles. The molecule has 3 heteroatoms. The molecular weight excluding hydrogens is 236 g/mol. The monoisotopic (exact) mass is 252 g/mol. The second kappa shape index (κ2) is 4.69. The predicted molar refractivity (Wildman–Crippen MR) is 68.6 cm³/mol. The Labute approximate surface area is 107 Å². The van der Waals surface area contributed by atoms with Crippen molar-refractivity contribution in [2.45, 2.75) is 44.4 Å². The highest BCUT2D eigenvalue weighted by Crippen LogP contribution is 2.40. The van der Waals surface area contributed by atoms with Gasteiger partial charge in [-0.1, -0.05) is 43.0 Å². The number of benzene rings is 1. The van der Waals surface area contributed by atoms with Crippen LogP contribution < -0.4 is 0 Å². The summed E-state index contributed by atoms with van der Waals surface area (Å²) in [7, 11) is 0. The highest BCUT2D eigenvalue weighted by atomic mass is 35.5. The highest BCUT2D eigenvalue weighted by molar-refractivity contribution is 6.31. The molecule has 1 aromatic carbocycles. The zero-order chi connectivity index (χ0) is 12.5. The quantitative estimate of drug-likeness (QED) is 0.866. The lowest BCUT2D eigenvalue weighted by atomic mass is 9.69. The minimum absolute atomic E-state index is 0.687. The zero-order valence-corrected chi connectivity index (χ0v) is 10.8. The normalized spacial score (nSPS) is 18.9. The molecule has 92 valence electrons. The molecule has 1 aromatic rings. The van der Waals surface area contributed by atoms with Crippen molar-refractivity contribution in [1.29, 1.82) is 0 Å². The van der Waals surface area contributed by atoms with Gasteiger partial charge in [0.05, 0.1) is 5.41 Å². The van der Waals surface area contributed by atoms with Gasteiger partial charge >= 0.3 is 5.97 Å². The first-order valence-electron chi connectivity index (χ1n) is 6.06. The SMILES string of the molecule is Cc1cc(C2(C(=O)O)CCCCC2)ccc1Cl. The van der Waals surface area contributed by atoms with Crippen LogP contribution in [0.3, 0.4) is 0 Å². The Bertz CT molecular complexity index is 434. The first-order valence-corrected chi connectivity index (χ1v) is 6.44. The molecule has 0 unspecified atom stereocenters. The van der Waals surface area contributed by atoms with E-state index < -0.39 is 11.4 Å². The molecule has 17 heavy (non-hydrogen) atoms. The average Bonchev–Trinajstić information content (AvgIpc) is 2.33. The lowest BCUT2D eigenvalue weighted by molar-refractivity contribution is -0.145. The highest BCUT2D eigenvalue weighted by Gasteiger charge is 2.41. The van der Waals surface area contributed by atoms with Crippen molar-refractivity contribution in [3.8, 4) is 0 Å². The number of carboxylic acid groups (broad SMARTS) is 1. The van der Waals surface area contributed by atoms with E-state index in [1.165, 1.54) is 0 Å². The minimum Gasteiger partial charge on any atom is -0.481 e. The molecule has 0 heterocycles. The topological polar surface area (TPSA) is 37.3 Å². The number of carbonyl (C=O) groups is 1. The number of halogens is 1. The number of rotatable bonds is 2. The van der Waals surface area contributed by atoms with Gasteiger partial charge < -0.3 is 5.11 Å². The molecule has 1 N–H and O–H groups in total. The maximum atomic E-state index is 11.6. The van der Waals surface area contributed by atoms with E-state index in [1.807, 2.05) is 25.1 Å². The molecule has 0 spiro atoms. The summed E-state index contributed by atoms with van der Waals surface area (Å²) >= 11 is 6.00. The van der Waals surface area contributed by atoms with E-state index in [4.69, 9.17) is 11.6 Å². The van der Waals surface area contributed by atoms with Crippen LogP contribution in [0.1, 0.15) is 43.2 Å². The van der Waals surface area contributed by atoms with Crippen LogP contribution in [0.2, 0.25) is 5.02 Å². The predicted octanol–water partition coefficient (Wildman–Crippen LogP) is 3.93. The third-order valence-corrected chi connectivity index (χ3v) is 4.25. The summed E-state index contributed by atoms with van der Waals surface area (Å²) in [6.45, 7) is 1.92. The first-order chi connectivity index (χ1) is 8.06. The molecule has 0 atom stereocenters. The van der Waals surface area contributed by atoms with Crippen molar-refractivity contribution < 1.29 is 9.90 Å². The van der Waals surface area contributed by atoms with Gasteiger partial charge in [0.15, 0.2) is 0 Å². The van der Waals surface area contributed by atoms with E-state index in [-0.39, 0.29) is 0 Å². The number of aryl methyl sites for hydroxylation is 1. The summed E-state index contributed by atoms with van der Waals surface area (Å²) in [6, 6.07) is 5.61. The number of aliphatic carboxylic acids is 1. The Morgan fingerprint density at radius 2 is 1.94 bits per heavy atom. The Hall–Kier alpha value is -1.02. The maximum absolute atomic E-state index is 11.6. The van der Waals surface area contributed by atoms with Crippen molar-refractivity contribution in [2.24, 2.45) is 0 Å². The molecule has 0 amide bonds. The van der Waals surface area contributed by atoms with E-state index in [9.17, 15) is 9.90 Å². The van der Waals surface area contributed by atoms with E-state index in [0.717, 1.165) is 43.2 Å². The van der Waals surface area contributed by atoms with Gasteiger partial charge in [0.2, 0.25) is 0 Å². The van der Waals surface area contributed by atoms with Gasteiger partial charge in [-0.05, 0) is 37.0 Å². The number of hydrogen-bond acceptors (Lipinski definition) is 1. The third-order valence-electron chi connectivity index (χ3n) is 3.83. The maximum Gasteiger partial charge on any atom is 0.314 e. The van der Waals surface area contributed by atoms with Crippen molar-refractivity contribution in [2.75, 3.05) is 0 Å². The second-order valence-corrected chi connectivity index (χ2v) is 5.32. The summed E-state index contributed by atoms with van der Waals surface area (Å²) in [5.74, 6) is -0.695.